The van der Waals surface area contributed by atoms with Gasteiger partial charge in [-0.15, -0.1) is 0 Å². The fourth-order valence-corrected chi connectivity index (χ4v) is 4.85. The summed E-state index contributed by atoms with van der Waals surface area (Å²) in [7, 11) is 0. The maximum Gasteiger partial charge on any atom is 0.326 e. The minimum Gasteiger partial charge on any atom is -0.322 e. The van der Waals surface area contributed by atoms with Crippen LogP contribution in [0.4, 0.5) is 16.2 Å². The van der Waals surface area contributed by atoms with E-state index in [0.29, 0.717) is 23.2 Å². The van der Waals surface area contributed by atoms with Crippen molar-refractivity contribution in [3.05, 3.63) is 69.6 Å². The van der Waals surface area contributed by atoms with Crippen molar-refractivity contribution in [2.75, 3.05) is 16.8 Å². The zero-order valence-corrected chi connectivity index (χ0v) is 18.1. The van der Waals surface area contributed by atoms with Crippen molar-refractivity contribution in [2.45, 2.75) is 37.9 Å². The summed E-state index contributed by atoms with van der Waals surface area (Å²) in [6.45, 7) is 0.369. The molecular formula is C23H21N7O4. The van der Waals surface area contributed by atoms with Gasteiger partial charge in [0.25, 0.3) is 5.91 Å². The Morgan fingerprint density at radius 2 is 2.00 bits per heavy atom. The number of amides is 5. The highest BCUT2D eigenvalue weighted by Gasteiger charge is 2.39. The molecule has 2 atom stereocenters. The predicted octanol–water partition coefficient (Wildman–Crippen LogP) is 2.72. The maximum atomic E-state index is 13.2. The Bertz CT molecular complexity index is 1270. The normalized spacial score (nSPS) is 21.0. The number of nitrogens with zero attached hydrogens (tertiary/aromatic N) is 5. The highest BCUT2D eigenvalue weighted by Crippen LogP contribution is 2.34. The lowest BCUT2D eigenvalue weighted by atomic mass is 10.0. The number of carbonyl (C=O) groups is 4. The average molecular weight is 459 g/mol. The summed E-state index contributed by atoms with van der Waals surface area (Å²) in [5.74, 6) is -1.08. The summed E-state index contributed by atoms with van der Waals surface area (Å²) < 4.78 is 0. The van der Waals surface area contributed by atoms with Crippen LogP contribution < -0.4 is 15.5 Å². The molecule has 3 aliphatic heterocycles. The van der Waals surface area contributed by atoms with Gasteiger partial charge in [0.15, 0.2) is 0 Å². The number of anilines is 2. The van der Waals surface area contributed by atoms with Gasteiger partial charge in [-0.1, -0.05) is 23.3 Å². The molecule has 0 bridgehead atoms. The molecule has 11 nitrogen and oxygen atoms in total. The van der Waals surface area contributed by atoms with Gasteiger partial charge in [0, 0.05) is 47.4 Å². The highest BCUT2D eigenvalue weighted by atomic mass is 16.2. The van der Waals surface area contributed by atoms with Gasteiger partial charge in [-0.2, -0.15) is 0 Å². The summed E-state index contributed by atoms with van der Waals surface area (Å²) in [6, 6.07) is 11.2. The van der Waals surface area contributed by atoms with E-state index in [9.17, 15) is 19.2 Å². The molecule has 5 rings (SSSR count). The molecule has 3 heterocycles. The van der Waals surface area contributed by atoms with Crippen LogP contribution in [0.15, 0.2) is 47.6 Å². The molecule has 2 aromatic carbocycles. The van der Waals surface area contributed by atoms with Crippen molar-refractivity contribution >= 4 is 35.1 Å². The summed E-state index contributed by atoms with van der Waals surface area (Å²) >= 11 is 0. The van der Waals surface area contributed by atoms with Crippen LogP contribution >= 0.6 is 0 Å². The molecule has 11 heteroatoms. The summed E-state index contributed by atoms with van der Waals surface area (Å²) in [5, 5.41) is 8.83. The smallest absolute Gasteiger partial charge is 0.322 e. The molecule has 1 unspecified atom stereocenters. The number of urea groups is 1. The number of rotatable bonds is 4. The van der Waals surface area contributed by atoms with E-state index in [1.54, 1.807) is 23.1 Å². The lowest BCUT2D eigenvalue weighted by Crippen LogP contribution is -2.52. The third kappa shape index (κ3) is 3.71. The van der Waals surface area contributed by atoms with Gasteiger partial charge in [0.1, 0.15) is 6.04 Å². The number of piperidine rings is 1. The lowest BCUT2D eigenvalue weighted by molar-refractivity contribution is -0.136. The molecule has 1 saturated heterocycles. The van der Waals surface area contributed by atoms with Crippen molar-refractivity contribution < 1.29 is 19.2 Å². The van der Waals surface area contributed by atoms with Gasteiger partial charge in [-0.3, -0.25) is 24.6 Å². The minimum absolute atomic E-state index is 0.151. The standard InChI is InChI=1S/C23H21N7O4/c24-28-25-11-16-10-13-3-1-2-4-18(13)30(16)23(34)26-15-5-6-17-14(9-15)12-29(22(17)33)19-7-8-20(31)27-21(19)32/h1-6,9,16,19H,7-8,10-12H2,(H,26,34)(H,27,31,32)/t16-,19?/m0/s1. The Morgan fingerprint density at radius 3 is 2.79 bits per heavy atom. The van der Waals surface area contributed by atoms with Crippen molar-refractivity contribution in [3.8, 4) is 0 Å². The van der Waals surface area contributed by atoms with Crippen molar-refractivity contribution in [1.29, 1.82) is 0 Å². The Hall–Kier alpha value is -4.37. The Kier molecular flexibility index (Phi) is 5.39. The number of fused-ring (bicyclic) bond motifs is 2. The fourth-order valence-electron chi connectivity index (χ4n) is 4.85. The molecule has 0 aliphatic carbocycles. The Balaban J connectivity index is 1.34. The van der Waals surface area contributed by atoms with E-state index in [0.717, 1.165) is 11.3 Å². The molecule has 0 spiro atoms. The van der Waals surface area contributed by atoms with Crippen molar-refractivity contribution in [1.82, 2.24) is 10.2 Å². The monoisotopic (exact) mass is 459 g/mol. The first-order valence-electron chi connectivity index (χ1n) is 10.9. The number of hydrogen-bond acceptors (Lipinski definition) is 5. The predicted molar refractivity (Wildman–Crippen MR) is 122 cm³/mol. The third-order valence-electron chi connectivity index (χ3n) is 6.42. The van der Waals surface area contributed by atoms with E-state index in [1.165, 1.54) is 4.90 Å². The number of hydrogen-bond donors (Lipinski definition) is 2. The van der Waals surface area contributed by atoms with E-state index < -0.39 is 11.9 Å². The Labute approximate surface area is 194 Å². The van der Waals surface area contributed by atoms with Crippen LogP contribution in [-0.4, -0.2) is 47.3 Å². The molecule has 1 fully saturated rings. The van der Waals surface area contributed by atoms with Gasteiger partial charge in [0.05, 0.1) is 0 Å². The molecule has 34 heavy (non-hydrogen) atoms. The van der Waals surface area contributed by atoms with Gasteiger partial charge in [-0.25, -0.2) is 4.79 Å². The first-order valence-corrected chi connectivity index (χ1v) is 10.9. The van der Waals surface area contributed by atoms with E-state index in [-0.39, 0.29) is 49.8 Å². The van der Waals surface area contributed by atoms with E-state index in [2.05, 4.69) is 20.7 Å². The molecular weight excluding hydrogens is 438 g/mol. The van der Waals surface area contributed by atoms with Gasteiger partial charge >= 0.3 is 6.03 Å². The first-order chi connectivity index (χ1) is 16.5. The largest absolute Gasteiger partial charge is 0.326 e. The zero-order chi connectivity index (χ0) is 23.8. The molecule has 5 amide bonds. The van der Waals surface area contributed by atoms with Crippen molar-refractivity contribution in [2.24, 2.45) is 5.11 Å². The minimum atomic E-state index is -0.696. The van der Waals surface area contributed by atoms with Crippen molar-refractivity contribution in [3.63, 3.8) is 0 Å². The molecule has 0 aromatic heterocycles. The Morgan fingerprint density at radius 1 is 1.18 bits per heavy atom. The second-order valence-electron chi connectivity index (χ2n) is 8.47. The van der Waals surface area contributed by atoms with Crippen LogP contribution in [0.1, 0.15) is 34.3 Å². The number of carbonyl (C=O) groups excluding carboxylic acids is 4. The van der Waals surface area contributed by atoms with Gasteiger partial charge in [0.2, 0.25) is 11.8 Å². The van der Waals surface area contributed by atoms with Gasteiger partial charge in [-0.05, 0) is 53.8 Å². The number of benzene rings is 2. The van der Waals surface area contributed by atoms with E-state index in [4.69, 9.17) is 5.53 Å². The third-order valence-corrected chi connectivity index (χ3v) is 6.42. The number of azide groups is 1. The first kappa shape index (κ1) is 21.5. The quantitative estimate of drug-likeness (QED) is 0.313. The lowest BCUT2D eigenvalue weighted by Gasteiger charge is -2.29. The summed E-state index contributed by atoms with van der Waals surface area (Å²) in [6.07, 6.45) is 1.06. The maximum absolute atomic E-state index is 13.2. The van der Waals surface area contributed by atoms with Crippen LogP contribution in [0.25, 0.3) is 10.4 Å². The fraction of sp³-hybridized carbons (Fsp3) is 0.304. The highest BCUT2D eigenvalue weighted by molar-refractivity contribution is 6.07. The number of nitrogens with one attached hydrogen (secondary N) is 2. The van der Waals surface area contributed by atoms with Gasteiger partial charge < -0.3 is 10.2 Å². The number of para-hydroxylation sites is 1. The van der Waals surface area contributed by atoms with Crippen LogP contribution in [0.5, 0.6) is 0 Å². The van der Waals surface area contributed by atoms with Crippen LogP contribution in [0, 0.1) is 0 Å². The summed E-state index contributed by atoms with van der Waals surface area (Å²) in [5.41, 5.74) is 12.2. The number of imide groups is 1. The van der Waals surface area contributed by atoms with Crippen LogP contribution in [0.3, 0.4) is 0 Å². The topological polar surface area (TPSA) is 148 Å². The second-order valence-corrected chi connectivity index (χ2v) is 8.47. The molecule has 0 radical (unpaired) electrons. The molecule has 0 saturated carbocycles. The molecule has 172 valence electrons. The van der Waals surface area contributed by atoms with Crippen LogP contribution in [0.2, 0.25) is 0 Å². The average Bonchev–Trinajstić information content (AvgIpc) is 3.35. The van der Waals surface area contributed by atoms with Crippen LogP contribution in [-0.2, 0) is 22.6 Å². The molecule has 2 N–H and O–H groups in total. The molecule has 2 aromatic rings. The SMILES string of the molecule is [N-]=[N+]=NC[C@@H]1Cc2ccccc2N1C(=O)Nc1ccc2c(c1)CN(C1CCC(=O)NC1=O)C2=O. The summed E-state index contributed by atoms with van der Waals surface area (Å²) in [4.78, 5) is 55.7. The van der Waals surface area contributed by atoms with E-state index >= 15 is 0 Å². The second kappa shape index (κ2) is 8.53. The molecule has 3 aliphatic rings. The van der Waals surface area contributed by atoms with E-state index in [1.807, 2.05) is 24.3 Å². The zero-order valence-electron chi connectivity index (χ0n) is 18.1.